The number of hydrogen-bond acceptors (Lipinski definition) is 4. The molecule has 0 bridgehead atoms. The molecule has 0 unspecified atom stereocenters. The van der Waals surface area contributed by atoms with Gasteiger partial charge in [-0.05, 0) is 50.7 Å². The van der Waals surface area contributed by atoms with Crippen LogP contribution < -0.4 is 5.32 Å². The summed E-state index contributed by atoms with van der Waals surface area (Å²) in [5.41, 5.74) is 1.99. The number of phenolic OH excluding ortho intramolecular Hbond substituents is 1. The van der Waals surface area contributed by atoms with Gasteiger partial charge in [0.05, 0.1) is 17.6 Å². The maximum absolute atomic E-state index is 9.24. The lowest BCUT2D eigenvalue weighted by Gasteiger charge is -2.06. The Morgan fingerprint density at radius 2 is 2.06 bits per heavy atom. The molecule has 0 radical (unpaired) electrons. The topological polar surface area (TPSA) is 63.0 Å². The molecule has 0 aliphatic carbocycles. The molecule has 5 nitrogen and oxygen atoms in total. The highest BCUT2D eigenvalue weighted by Crippen LogP contribution is 2.14. The van der Waals surface area contributed by atoms with Gasteiger partial charge in [-0.25, -0.2) is 4.68 Å². The van der Waals surface area contributed by atoms with Crippen molar-refractivity contribution in [1.29, 1.82) is 0 Å². The predicted octanol–water partition coefficient (Wildman–Crippen LogP) is 1.12. The van der Waals surface area contributed by atoms with Gasteiger partial charge in [0.2, 0.25) is 0 Å². The van der Waals surface area contributed by atoms with Crippen LogP contribution in [0.4, 0.5) is 0 Å². The van der Waals surface area contributed by atoms with Crippen LogP contribution in [0.5, 0.6) is 5.75 Å². The van der Waals surface area contributed by atoms with Crippen LogP contribution in [0.25, 0.3) is 5.69 Å². The van der Waals surface area contributed by atoms with Crippen LogP contribution in [0.3, 0.4) is 0 Å². The zero-order chi connectivity index (χ0) is 12.1. The first-order valence-corrected chi connectivity index (χ1v) is 5.65. The lowest BCUT2D eigenvalue weighted by molar-refractivity contribution is 0.475. The normalized spacial score (nSPS) is 10.6. The van der Waals surface area contributed by atoms with Crippen LogP contribution in [0.2, 0.25) is 0 Å². The number of rotatable bonds is 5. The zero-order valence-corrected chi connectivity index (χ0v) is 9.80. The van der Waals surface area contributed by atoms with E-state index in [9.17, 15) is 5.11 Å². The highest BCUT2D eigenvalue weighted by atomic mass is 16.3. The molecule has 1 aromatic heterocycles. The fourth-order valence-corrected chi connectivity index (χ4v) is 1.68. The molecular formula is C12H16N4O. The summed E-state index contributed by atoms with van der Waals surface area (Å²) < 4.78 is 1.80. The van der Waals surface area contributed by atoms with Crippen molar-refractivity contribution in [3.05, 3.63) is 36.2 Å². The summed E-state index contributed by atoms with van der Waals surface area (Å²) in [5, 5.41) is 20.3. The van der Waals surface area contributed by atoms with Gasteiger partial charge in [-0.2, -0.15) is 0 Å². The molecule has 0 spiro atoms. The second-order valence-corrected chi connectivity index (χ2v) is 3.86. The molecule has 2 aromatic rings. The van der Waals surface area contributed by atoms with Crippen molar-refractivity contribution in [2.45, 2.75) is 12.8 Å². The maximum atomic E-state index is 9.24. The van der Waals surface area contributed by atoms with Gasteiger partial charge in [0.15, 0.2) is 0 Å². The minimum atomic E-state index is 0.255. The Bertz CT molecular complexity index is 464. The zero-order valence-electron chi connectivity index (χ0n) is 9.80. The van der Waals surface area contributed by atoms with E-state index in [1.54, 1.807) is 23.0 Å². The number of nitrogens with zero attached hydrogens (tertiary/aromatic N) is 3. The number of hydrogen-bond donors (Lipinski definition) is 2. The van der Waals surface area contributed by atoms with Crippen molar-refractivity contribution in [2.24, 2.45) is 0 Å². The number of aryl methyl sites for hydroxylation is 1. The smallest absolute Gasteiger partial charge is 0.115 e. The van der Waals surface area contributed by atoms with Crippen molar-refractivity contribution < 1.29 is 5.11 Å². The molecule has 17 heavy (non-hydrogen) atoms. The number of aromatic hydroxyl groups is 1. The molecule has 0 saturated carbocycles. The van der Waals surface area contributed by atoms with Crippen molar-refractivity contribution in [2.75, 3.05) is 13.6 Å². The number of aromatic nitrogens is 3. The Balaban J connectivity index is 2.15. The second kappa shape index (κ2) is 5.45. The molecule has 0 fully saturated rings. The van der Waals surface area contributed by atoms with Gasteiger partial charge in [-0.3, -0.25) is 0 Å². The van der Waals surface area contributed by atoms with Crippen LogP contribution in [0, 0.1) is 0 Å². The van der Waals surface area contributed by atoms with Crippen LogP contribution in [-0.2, 0) is 6.42 Å². The molecule has 2 rings (SSSR count). The Morgan fingerprint density at radius 3 is 2.76 bits per heavy atom. The third-order valence-corrected chi connectivity index (χ3v) is 2.57. The van der Waals surface area contributed by atoms with E-state index in [0.29, 0.717) is 0 Å². The molecule has 0 aliphatic heterocycles. The standard InChI is InChI=1S/C12H16N4O/c1-13-8-2-3-11-9-14-15-16(11)10-4-6-12(17)7-5-10/h4-7,9,13,17H,2-3,8H2,1H3. The third kappa shape index (κ3) is 2.82. The SMILES string of the molecule is CNCCCc1cnnn1-c1ccc(O)cc1. The number of nitrogens with one attached hydrogen (secondary N) is 1. The average Bonchev–Trinajstić information content (AvgIpc) is 2.79. The summed E-state index contributed by atoms with van der Waals surface area (Å²) in [7, 11) is 1.94. The third-order valence-electron chi connectivity index (χ3n) is 2.57. The van der Waals surface area contributed by atoms with Crippen LogP contribution in [-0.4, -0.2) is 33.7 Å². The predicted molar refractivity (Wildman–Crippen MR) is 65.3 cm³/mol. The number of benzene rings is 1. The fraction of sp³-hybridized carbons (Fsp3) is 0.333. The first kappa shape index (κ1) is 11.6. The van der Waals surface area contributed by atoms with E-state index >= 15 is 0 Å². The monoisotopic (exact) mass is 232 g/mol. The largest absolute Gasteiger partial charge is 0.508 e. The van der Waals surface area contributed by atoms with E-state index in [-0.39, 0.29) is 5.75 Å². The minimum Gasteiger partial charge on any atom is -0.508 e. The lowest BCUT2D eigenvalue weighted by atomic mass is 10.2. The van der Waals surface area contributed by atoms with E-state index in [4.69, 9.17) is 0 Å². The van der Waals surface area contributed by atoms with E-state index in [1.165, 1.54) is 0 Å². The van der Waals surface area contributed by atoms with Gasteiger partial charge < -0.3 is 10.4 Å². The molecule has 1 aromatic carbocycles. The van der Waals surface area contributed by atoms with Crippen LogP contribution in [0.1, 0.15) is 12.1 Å². The number of phenols is 1. The fourth-order valence-electron chi connectivity index (χ4n) is 1.68. The maximum Gasteiger partial charge on any atom is 0.115 e. The molecule has 1 heterocycles. The molecule has 0 atom stereocenters. The van der Waals surface area contributed by atoms with E-state index in [2.05, 4.69) is 15.6 Å². The minimum absolute atomic E-state index is 0.255. The Kier molecular flexibility index (Phi) is 3.72. The van der Waals surface area contributed by atoms with Gasteiger partial charge in [-0.15, -0.1) is 5.10 Å². The van der Waals surface area contributed by atoms with E-state index in [1.807, 2.05) is 19.2 Å². The highest BCUT2D eigenvalue weighted by molar-refractivity contribution is 5.36. The Labute approximate surface area is 100 Å². The molecule has 90 valence electrons. The molecule has 0 amide bonds. The van der Waals surface area contributed by atoms with Crippen molar-refractivity contribution in [3.8, 4) is 11.4 Å². The molecular weight excluding hydrogens is 216 g/mol. The first-order valence-electron chi connectivity index (χ1n) is 5.65. The van der Waals surface area contributed by atoms with Gasteiger partial charge >= 0.3 is 0 Å². The van der Waals surface area contributed by atoms with Gasteiger partial charge in [-0.1, -0.05) is 5.21 Å². The van der Waals surface area contributed by atoms with Crippen LogP contribution >= 0.6 is 0 Å². The summed E-state index contributed by atoms with van der Waals surface area (Å²) >= 11 is 0. The van der Waals surface area contributed by atoms with Crippen molar-refractivity contribution in [3.63, 3.8) is 0 Å². The van der Waals surface area contributed by atoms with Crippen molar-refractivity contribution in [1.82, 2.24) is 20.3 Å². The Morgan fingerprint density at radius 1 is 1.29 bits per heavy atom. The van der Waals surface area contributed by atoms with Gasteiger partial charge in [0.25, 0.3) is 0 Å². The summed E-state index contributed by atoms with van der Waals surface area (Å²) in [4.78, 5) is 0. The Hall–Kier alpha value is -1.88. The second-order valence-electron chi connectivity index (χ2n) is 3.86. The summed E-state index contributed by atoms with van der Waals surface area (Å²) in [6, 6.07) is 6.94. The summed E-state index contributed by atoms with van der Waals surface area (Å²) in [6.07, 6.45) is 3.75. The van der Waals surface area contributed by atoms with Crippen molar-refractivity contribution >= 4 is 0 Å². The molecule has 5 heteroatoms. The lowest BCUT2D eigenvalue weighted by Crippen LogP contribution is -2.10. The highest BCUT2D eigenvalue weighted by Gasteiger charge is 2.05. The summed E-state index contributed by atoms with van der Waals surface area (Å²) in [5.74, 6) is 0.255. The molecule has 0 aliphatic rings. The van der Waals surface area contributed by atoms with Crippen LogP contribution in [0.15, 0.2) is 30.5 Å². The molecule has 2 N–H and O–H groups in total. The van der Waals surface area contributed by atoms with Gasteiger partial charge in [0, 0.05) is 0 Å². The van der Waals surface area contributed by atoms with Gasteiger partial charge in [0.1, 0.15) is 5.75 Å². The molecule has 0 saturated heterocycles. The van der Waals surface area contributed by atoms with E-state index in [0.717, 1.165) is 30.8 Å². The summed E-state index contributed by atoms with van der Waals surface area (Å²) in [6.45, 7) is 0.973. The quantitative estimate of drug-likeness (QED) is 0.758. The van der Waals surface area contributed by atoms with E-state index < -0.39 is 0 Å². The first-order chi connectivity index (χ1) is 8.31. The average molecular weight is 232 g/mol.